The Kier molecular flexibility index (Phi) is 8.74. The summed E-state index contributed by atoms with van der Waals surface area (Å²) in [5.74, 6) is -3.65. The molecule has 3 aromatic rings. The summed E-state index contributed by atoms with van der Waals surface area (Å²) in [7, 11) is 0. The third-order valence-corrected chi connectivity index (χ3v) is 4.30. The van der Waals surface area contributed by atoms with Crippen molar-refractivity contribution in [1.82, 2.24) is 15.1 Å². The molecule has 0 aliphatic carbocycles. The molecule has 0 aliphatic rings. The molecule has 8 heteroatoms. The van der Waals surface area contributed by atoms with E-state index in [4.69, 9.17) is 19.8 Å². The molecular weight excluding hydrogens is 386 g/mol. The summed E-state index contributed by atoms with van der Waals surface area (Å²) in [6, 6.07) is 18.8. The lowest BCUT2D eigenvalue weighted by atomic mass is 10.1. The van der Waals surface area contributed by atoms with Crippen LogP contribution in [0.25, 0.3) is 11.3 Å². The number of aryl methyl sites for hydroxylation is 1. The molecule has 0 amide bonds. The van der Waals surface area contributed by atoms with Gasteiger partial charge in [0, 0.05) is 25.2 Å². The Hall–Kier alpha value is -3.49. The van der Waals surface area contributed by atoms with E-state index in [1.165, 1.54) is 11.1 Å². The smallest absolute Gasteiger partial charge is 0.414 e. The van der Waals surface area contributed by atoms with Gasteiger partial charge in [-0.15, -0.1) is 0 Å². The first kappa shape index (κ1) is 22.8. The number of carboxylic acids is 2. The molecule has 158 valence electrons. The standard InChI is InChI=1S/C20H23N3O.C2H2O4/c1-16-7-9-18(10-8-16)20-19(13-21-22-20)15-23(11-12-24)14-17-5-3-2-4-6-17;3-1(4)2(5)6/h2-10,13,24H,11-12,14-15H2,1H3,(H,21,22);(H,3,4)(H,5,6). The van der Waals surface area contributed by atoms with Crippen LogP contribution in [0.1, 0.15) is 16.7 Å². The summed E-state index contributed by atoms with van der Waals surface area (Å²) in [4.78, 5) is 20.4. The van der Waals surface area contributed by atoms with E-state index in [2.05, 4.69) is 58.4 Å². The zero-order chi connectivity index (χ0) is 21.9. The molecule has 1 aromatic heterocycles. The van der Waals surface area contributed by atoms with Crippen LogP contribution in [-0.2, 0) is 22.7 Å². The number of H-pyrrole nitrogens is 1. The molecule has 0 radical (unpaired) electrons. The van der Waals surface area contributed by atoms with Gasteiger partial charge in [0.05, 0.1) is 18.5 Å². The fourth-order valence-corrected chi connectivity index (χ4v) is 2.84. The van der Waals surface area contributed by atoms with Crippen LogP contribution in [0.4, 0.5) is 0 Å². The average Bonchev–Trinajstić information content (AvgIpc) is 3.18. The number of nitrogens with zero attached hydrogens (tertiary/aromatic N) is 2. The fraction of sp³-hybridized carbons (Fsp3) is 0.227. The summed E-state index contributed by atoms with van der Waals surface area (Å²) in [5.41, 5.74) is 5.81. The highest BCUT2D eigenvalue weighted by Crippen LogP contribution is 2.23. The van der Waals surface area contributed by atoms with Gasteiger partial charge in [-0.1, -0.05) is 60.2 Å². The van der Waals surface area contributed by atoms with E-state index >= 15 is 0 Å². The van der Waals surface area contributed by atoms with Crippen LogP contribution < -0.4 is 0 Å². The van der Waals surface area contributed by atoms with E-state index < -0.39 is 11.9 Å². The maximum atomic E-state index is 9.40. The molecule has 2 aromatic carbocycles. The van der Waals surface area contributed by atoms with Crippen LogP contribution in [0.2, 0.25) is 0 Å². The predicted octanol–water partition coefficient (Wildman–Crippen LogP) is 2.54. The number of rotatable bonds is 7. The first-order valence-electron chi connectivity index (χ1n) is 9.33. The molecule has 0 aliphatic heterocycles. The van der Waals surface area contributed by atoms with Gasteiger partial charge in [0.15, 0.2) is 0 Å². The highest BCUT2D eigenvalue weighted by atomic mass is 16.4. The van der Waals surface area contributed by atoms with Crippen molar-refractivity contribution in [2.75, 3.05) is 13.2 Å². The number of hydrogen-bond donors (Lipinski definition) is 4. The second kappa shape index (κ2) is 11.5. The highest BCUT2D eigenvalue weighted by molar-refractivity contribution is 6.27. The maximum absolute atomic E-state index is 9.40. The Labute approximate surface area is 174 Å². The lowest BCUT2D eigenvalue weighted by Gasteiger charge is -2.21. The SMILES string of the molecule is Cc1ccc(-c2[nH]ncc2CN(CCO)Cc2ccccc2)cc1.O=C(O)C(=O)O. The fourth-order valence-electron chi connectivity index (χ4n) is 2.84. The lowest BCUT2D eigenvalue weighted by molar-refractivity contribution is -0.159. The molecule has 0 bridgehead atoms. The molecule has 0 fully saturated rings. The molecule has 0 spiro atoms. The van der Waals surface area contributed by atoms with Crippen LogP contribution in [0, 0.1) is 6.92 Å². The number of hydrogen-bond acceptors (Lipinski definition) is 5. The van der Waals surface area contributed by atoms with Gasteiger partial charge in [-0.2, -0.15) is 5.10 Å². The summed E-state index contributed by atoms with van der Waals surface area (Å²) in [6.07, 6.45) is 1.88. The molecule has 30 heavy (non-hydrogen) atoms. The van der Waals surface area contributed by atoms with E-state index in [0.717, 1.165) is 29.9 Å². The van der Waals surface area contributed by atoms with E-state index in [0.29, 0.717) is 6.54 Å². The molecule has 0 saturated heterocycles. The number of aliphatic hydroxyl groups is 1. The number of aromatic amines is 1. The number of benzene rings is 2. The maximum Gasteiger partial charge on any atom is 0.414 e. The number of aromatic nitrogens is 2. The summed E-state index contributed by atoms with van der Waals surface area (Å²) < 4.78 is 0. The number of carbonyl (C=O) groups is 2. The van der Waals surface area contributed by atoms with Crippen molar-refractivity contribution in [2.45, 2.75) is 20.0 Å². The van der Waals surface area contributed by atoms with Crippen LogP contribution in [0.15, 0.2) is 60.8 Å². The van der Waals surface area contributed by atoms with Crippen molar-refractivity contribution >= 4 is 11.9 Å². The Morgan fingerprint density at radius 3 is 2.17 bits per heavy atom. The minimum absolute atomic E-state index is 0.143. The molecule has 0 unspecified atom stereocenters. The summed E-state index contributed by atoms with van der Waals surface area (Å²) in [5, 5.41) is 31.5. The van der Waals surface area contributed by atoms with Gasteiger partial charge in [-0.05, 0) is 18.1 Å². The van der Waals surface area contributed by atoms with Crippen molar-refractivity contribution in [3.05, 3.63) is 77.5 Å². The average molecular weight is 411 g/mol. The molecule has 4 N–H and O–H groups in total. The zero-order valence-corrected chi connectivity index (χ0v) is 16.7. The van der Waals surface area contributed by atoms with E-state index in [9.17, 15) is 5.11 Å². The van der Waals surface area contributed by atoms with Crippen molar-refractivity contribution < 1.29 is 24.9 Å². The quantitative estimate of drug-likeness (QED) is 0.440. The second-order valence-electron chi connectivity index (χ2n) is 6.67. The topological polar surface area (TPSA) is 127 Å². The number of aliphatic hydroxyl groups excluding tert-OH is 1. The van der Waals surface area contributed by atoms with Gasteiger partial charge in [-0.3, -0.25) is 10.00 Å². The van der Waals surface area contributed by atoms with Crippen molar-refractivity contribution in [3.63, 3.8) is 0 Å². The van der Waals surface area contributed by atoms with Crippen LogP contribution >= 0.6 is 0 Å². The summed E-state index contributed by atoms with van der Waals surface area (Å²) >= 11 is 0. The Balaban J connectivity index is 0.000000469. The molecule has 8 nitrogen and oxygen atoms in total. The monoisotopic (exact) mass is 411 g/mol. The van der Waals surface area contributed by atoms with Crippen molar-refractivity contribution in [3.8, 4) is 11.3 Å². The Morgan fingerprint density at radius 1 is 0.967 bits per heavy atom. The lowest BCUT2D eigenvalue weighted by Crippen LogP contribution is -2.26. The highest BCUT2D eigenvalue weighted by Gasteiger charge is 2.13. The number of aliphatic carboxylic acids is 2. The van der Waals surface area contributed by atoms with Gasteiger partial charge in [0.1, 0.15) is 0 Å². The minimum atomic E-state index is -1.82. The largest absolute Gasteiger partial charge is 0.473 e. The third kappa shape index (κ3) is 7.16. The third-order valence-electron chi connectivity index (χ3n) is 4.30. The van der Waals surface area contributed by atoms with Crippen LogP contribution in [0.5, 0.6) is 0 Å². The normalized spacial score (nSPS) is 10.4. The zero-order valence-electron chi connectivity index (χ0n) is 16.7. The first-order chi connectivity index (χ1) is 14.4. The molecular formula is C22H25N3O5. The Bertz CT molecular complexity index is 927. The first-order valence-corrected chi connectivity index (χ1v) is 9.33. The molecule has 0 saturated carbocycles. The summed E-state index contributed by atoms with van der Waals surface area (Å²) in [6.45, 7) is 4.41. The number of carboxylic acid groups (broad SMARTS) is 2. The number of nitrogens with one attached hydrogen (secondary N) is 1. The Morgan fingerprint density at radius 2 is 1.60 bits per heavy atom. The van der Waals surface area contributed by atoms with Gasteiger partial charge < -0.3 is 15.3 Å². The van der Waals surface area contributed by atoms with Gasteiger partial charge in [0.2, 0.25) is 0 Å². The van der Waals surface area contributed by atoms with Gasteiger partial charge in [-0.25, -0.2) is 9.59 Å². The second-order valence-corrected chi connectivity index (χ2v) is 6.67. The van der Waals surface area contributed by atoms with Crippen molar-refractivity contribution in [2.24, 2.45) is 0 Å². The minimum Gasteiger partial charge on any atom is -0.473 e. The van der Waals surface area contributed by atoms with E-state index in [1.54, 1.807) is 0 Å². The molecule has 0 atom stereocenters. The van der Waals surface area contributed by atoms with E-state index in [-0.39, 0.29) is 6.61 Å². The van der Waals surface area contributed by atoms with Gasteiger partial charge >= 0.3 is 11.9 Å². The predicted molar refractivity (Wildman–Crippen MR) is 112 cm³/mol. The van der Waals surface area contributed by atoms with Crippen molar-refractivity contribution in [1.29, 1.82) is 0 Å². The molecule has 1 heterocycles. The van der Waals surface area contributed by atoms with Crippen LogP contribution in [0.3, 0.4) is 0 Å². The van der Waals surface area contributed by atoms with Crippen LogP contribution in [-0.4, -0.2) is 55.5 Å². The van der Waals surface area contributed by atoms with Gasteiger partial charge in [0.25, 0.3) is 0 Å². The van der Waals surface area contributed by atoms with E-state index in [1.807, 2.05) is 24.4 Å². The molecule has 3 rings (SSSR count).